The minimum absolute atomic E-state index is 0.249. The summed E-state index contributed by atoms with van der Waals surface area (Å²) < 4.78 is 1.71. The predicted molar refractivity (Wildman–Crippen MR) is 70.4 cm³/mol. The molecule has 0 aliphatic carbocycles. The van der Waals surface area contributed by atoms with E-state index in [1.165, 1.54) is 6.92 Å². The smallest absolute Gasteiger partial charge is 0.307 e. The van der Waals surface area contributed by atoms with E-state index in [4.69, 9.17) is 5.11 Å². The fourth-order valence-electron chi connectivity index (χ4n) is 1.81. The Kier molecular flexibility index (Phi) is 5.09. The van der Waals surface area contributed by atoms with Gasteiger partial charge in [0.15, 0.2) is 0 Å². The largest absolute Gasteiger partial charge is 0.481 e. The lowest BCUT2D eigenvalue weighted by molar-refractivity contribution is -0.146. The van der Waals surface area contributed by atoms with Crippen LogP contribution in [0.2, 0.25) is 0 Å². The second-order valence-corrected chi connectivity index (χ2v) is 4.76. The first-order chi connectivity index (χ1) is 8.86. The average Bonchev–Trinajstić information content (AvgIpc) is 2.74. The van der Waals surface area contributed by atoms with E-state index in [1.54, 1.807) is 11.6 Å². The Bertz CT molecular complexity index is 468. The van der Waals surface area contributed by atoms with Gasteiger partial charge in [0.25, 0.3) is 0 Å². The van der Waals surface area contributed by atoms with Gasteiger partial charge in [-0.1, -0.05) is 20.8 Å². The number of hydrogen-bond donors (Lipinski definition) is 2. The van der Waals surface area contributed by atoms with Crippen molar-refractivity contribution >= 4 is 11.9 Å². The molecule has 2 atom stereocenters. The average molecular weight is 267 g/mol. The summed E-state index contributed by atoms with van der Waals surface area (Å²) in [6, 6.07) is 0. The molecule has 0 spiro atoms. The highest BCUT2D eigenvalue weighted by Crippen LogP contribution is 2.12. The van der Waals surface area contributed by atoms with Crippen LogP contribution in [0.15, 0.2) is 6.20 Å². The van der Waals surface area contributed by atoms with E-state index in [-0.39, 0.29) is 5.91 Å². The van der Waals surface area contributed by atoms with Crippen molar-refractivity contribution in [3.05, 3.63) is 17.5 Å². The number of aromatic nitrogens is 2. The lowest BCUT2D eigenvalue weighted by Gasteiger charge is -2.15. The first kappa shape index (κ1) is 15.2. The van der Waals surface area contributed by atoms with Crippen LogP contribution in [0, 0.1) is 11.8 Å². The van der Waals surface area contributed by atoms with Crippen molar-refractivity contribution < 1.29 is 14.7 Å². The Morgan fingerprint density at radius 3 is 2.58 bits per heavy atom. The summed E-state index contributed by atoms with van der Waals surface area (Å²) in [6.07, 6.45) is 2.66. The molecule has 0 saturated carbocycles. The number of amides is 1. The molecule has 0 saturated heterocycles. The van der Waals surface area contributed by atoms with Gasteiger partial charge in [-0.05, 0) is 6.42 Å². The standard InChI is InChI=1S/C13H21N3O3/c1-5-11-10(7-16(4)15-11)6-14-12(17)8(2)9(3)13(18)19/h7-9H,5-6H2,1-4H3,(H,14,17)(H,18,19). The van der Waals surface area contributed by atoms with Gasteiger partial charge < -0.3 is 10.4 Å². The highest BCUT2D eigenvalue weighted by Gasteiger charge is 2.25. The summed E-state index contributed by atoms with van der Waals surface area (Å²) in [5, 5.41) is 15.9. The monoisotopic (exact) mass is 267 g/mol. The molecule has 1 aromatic heterocycles. The third-order valence-corrected chi connectivity index (χ3v) is 3.33. The Morgan fingerprint density at radius 1 is 1.42 bits per heavy atom. The Balaban J connectivity index is 2.61. The first-order valence-corrected chi connectivity index (χ1v) is 6.38. The summed E-state index contributed by atoms with van der Waals surface area (Å²) >= 11 is 0. The van der Waals surface area contributed by atoms with Crippen molar-refractivity contribution in [2.45, 2.75) is 33.7 Å². The van der Waals surface area contributed by atoms with Gasteiger partial charge in [0, 0.05) is 31.3 Å². The van der Waals surface area contributed by atoms with Crippen LogP contribution in [0.25, 0.3) is 0 Å². The van der Waals surface area contributed by atoms with Crippen LogP contribution in [0.3, 0.4) is 0 Å². The normalized spacial score (nSPS) is 13.9. The van der Waals surface area contributed by atoms with Gasteiger partial charge in [-0.3, -0.25) is 14.3 Å². The van der Waals surface area contributed by atoms with E-state index >= 15 is 0 Å². The first-order valence-electron chi connectivity index (χ1n) is 6.38. The predicted octanol–water partition coefficient (Wildman–Crippen LogP) is 0.955. The minimum Gasteiger partial charge on any atom is -0.481 e. The van der Waals surface area contributed by atoms with Gasteiger partial charge in [0.2, 0.25) is 5.91 Å². The second-order valence-electron chi connectivity index (χ2n) is 4.76. The van der Waals surface area contributed by atoms with E-state index in [9.17, 15) is 9.59 Å². The van der Waals surface area contributed by atoms with Crippen LogP contribution < -0.4 is 5.32 Å². The molecule has 0 aliphatic heterocycles. The maximum atomic E-state index is 11.9. The summed E-state index contributed by atoms with van der Waals surface area (Å²) in [5.41, 5.74) is 1.91. The van der Waals surface area contributed by atoms with Crippen LogP contribution in [-0.2, 0) is 29.6 Å². The number of carboxylic acid groups (broad SMARTS) is 1. The van der Waals surface area contributed by atoms with E-state index in [2.05, 4.69) is 10.4 Å². The maximum absolute atomic E-state index is 11.9. The van der Waals surface area contributed by atoms with E-state index in [0.29, 0.717) is 6.54 Å². The Hall–Kier alpha value is -1.85. The van der Waals surface area contributed by atoms with E-state index in [0.717, 1.165) is 17.7 Å². The molecule has 0 aliphatic rings. The number of nitrogens with zero attached hydrogens (tertiary/aromatic N) is 2. The van der Waals surface area contributed by atoms with Gasteiger partial charge in [-0.15, -0.1) is 0 Å². The Labute approximate surface area is 112 Å². The number of aryl methyl sites for hydroxylation is 2. The number of carboxylic acids is 1. The molecule has 0 aromatic carbocycles. The third-order valence-electron chi connectivity index (χ3n) is 3.33. The molecule has 1 heterocycles. The molecule has 2 N–H and O–H groups in total. The maximum Gasteiger partial charge on any atom is 0.307 e. The molecule has 1 amide bonds. The summed E-state index contributed by atoms with van der Waals surface area (Å²) in [4.78, 5) is 22.7. The van der Waals surface area contributed by atoms with Gasteiger partial charge in [-0.2, -0.15) is 5.10 Å². The highest BCUT2D eigenvalue weighted by atomic mass is 16.4. The minimum atomic E-state index is -0.960. The van der Waals surface area contributed by atoms with Crippen molar-refractivity contribution in [3.63, 3.8) is 0 Å². The highest BCUT2D eigenvalue weighted by molar-refractivity contribution is 5.84. The fourth-order valence-corrected chi connectivity index (χ4v) is 1.81. The number of nitrogens with one attached hydrogen (secondary N) is 1. The lowest BCUT2D eigenvalue weighted by Crippen LogP contribution is -2.34. The molecule has 1 rings (SSSR count). The van der Waals surface area contributed by atoms with Crippen LogP contribution in [0.5, 0.6) is 0 Å². The van der Waals surface area contributed by atoms with Crippen molar-refractivity contribution in [1.29, 1.82) is 0 Å². The van der Waals surface area contributed by atoms with Crippen molar-refractivity contribution in [2.24, 2.45) is 18.9 Å². The summed E-state index contributed by atoms with van der Waals surface area (Å²) in [5.74, 6) is -2.46. The molecule has 6 nitrogen and oxygen atoms in total. The molecule has 0 fully saturated rings. The molecular weight excluding hydrogens is 246 g/mol. The number of carbonyl (C=O) groups is 2. The molecule has 19 heavy (non-hydrogen) atoms. The fraction of sp³-hybridized carbons (Fsp3) is 0.615. The van der Waals surface area contributed by atoms with Crippen LogP contribution >= 0.6 is 0 Å². The number of aliphatic carboxylic acids is 1. The SMILES string of the molecule is CCc1nn(C)cc1CNC(=O)C(C)C(C)C(=O)O. The van der Waals surface area contributed by atoms with Crippen molar-refractivity contribution in [2.75, 3.05) is 0 Å². The van der Waals surface area contributed by atoms with Gasteiger partial charge >= 0.3 is 5.97 Å². The van der Waals surface area contributed by atoms with Gasteiger partial charge in [-0.25, -0.2) is 0 Å². The molecular formula is C13H21N3O3. The Morgan fingerprint density at radius 2 is 2.05 bits per heavy atom. The molecule has 0 bridgehead atoms. The third kappa shape index (κ3) is 3.81. The topological polar surface area (TPSA) is 84.2 Å². The molecule has 6 heteroatoms. The lowest BCUT2D eigenvalue weighted by atomic mass is 9.95. The zero-order chi connectivity index (χ0) is 14.6. The van der Waals surface area contributed by atoms with Gasteiger partial charge in [0.05, 0.1) is 11.6 Å². The summed E-state index contributed by atoms with van der Waals surface area (Å²) in [7, 11) is 1.83. The molecule has 0 radical (unpaired) electrons. The van der Waals surface area contributed by atoms with Crippen molar-refractivity contribution in [3.8, 4) is 0 Å². The van der Waals surface area contributed by atoms with Crippen molar-refractivity contribution in [1.82, 2.24) is 15.1 Å². The number of hydrogen-bond acceptors (Lipinski definition) is 3. The van der Waals surface area contributed by atoms with Gasteiger partial charge in [0.1, 0.15) is 0 Å². The van der Waals surface area contributed by atoms with E-state index in [1.807, 2.05) is 20.2 Å². The molecule has 2 unspecified atom stereocenters. The molecule has 1 aromatic rings. The zero-order valence-corrected chi connectivity index (χ0v) is 11.8. The quantitative estimate of drug-likeness (QED) is 0.804. The van der Waals surface area contributed by atoms with Crippen LogP contribution in [0.1, 0.15) is 32.0 Å². The zero-order valence-electron chi connectivity index (χ0n) is 11.8. The number of carbonyl (C=O) groups excluding carboxylic acids is 1. The van der Waals surface area contributed by atoms with Crippen LogP contribution in [-0.4, -0.2) is 26.8 Å². The number of rotatable bonds is 6. The second kappa shape index (κ2) is 6.36. The van der Waals surface area contributed by atoms with Crippen LogP contribution in [0.4, 0.5) is 0 Å². The van der Waals surface area contributed by atoms with E-state index < -0.39 is 17.8 Å². The summed E-state index contributed by atoms with van der Waals surface area (Å²) in [6.45, 7) is 5.54. The molecule has 106 valence electrons.